The van der Waals surface area contributed by atoms with Crippen molar-refractivity contribution in [2.75, 3.05) is 31.2 Å². The Bertz CT molecular complexity index is 587. The number of morpholine rings is 1. The molecule has 0 atom stereocenters. The van der Waals surface area contributed by atoms with Crippen LogP contribution in [0.25, 0.3) is 10.8 Å². The van der Waals surface area contributed by atoms with E-state index in [9.17, 15) is 0 Å². The van der Waals surface area contributed by atoms with E-state index >= 15 is 0 Å². The van der Waals surface area contributed by atoms with Gasteiger partial charge in [0.25, 0.3) is 0 Å². The minimum Gasteiger partial charge on any atom is -0.378 e. The number of rotatable bonds is 5. The van der Waals surface area contributed by atoms with Crippen LogP contribution in [0.1, 0.15) is 31.7 Å². The van der Waals surface area contributed by atoms with Gasteiger partial charge in [0.15, 0.2) is 0 Å². The molecule has 2 nitrogen and oxygen atoms in total. The average Bonchev–Trinajstić information content (AvgIpc) is 2.56. The summed E-state index contributed by atoms with van der Waals surface area (Å²) in [5.41, 5.74) is 2.87. The molecule has 0 radical (unpaired) electrons. The van der Waals surface area contributed by atoms with Crippen LogP contribution >= 0.6 is 0 Å². The Kier molecular flexibility index (Phi) is 4.76. The smallest absolute Gasteiger partial charge is 0.0642 e. The summed E-state index contributed by atoms with van der Waals surface area (Å²) < 4.78 is 5.48. The lowest BCUT2D eigenvalue weighted by molar-refractivity contribution is 0.123. The van der Waals surface area contributed by atoms with Crippen molar-refractivity contribution in [1.82, 2.24) is 0 Å². The van der Waals surface area contributed by atoms with Crippen LogP contribution in [0, 0.1) is 0 Å². The lowest BCUT2D eigenvalue weighted by Gasteiger charge is -2.30. The van der Waals surface area contributed by atoms with Crippen molar-refractivity contribution in [3.63, 3.8) is 0 Å². The first-order chi connectivity index (χ1) is 10.4. The first-order valence-electron chi connectivity index (χ1n) is 8.23. The molecule has 2 heteroatoms. The Morgan fingerprint density at radius 3 is 2.48 bits per heavy atom. The highest BCUT2D eigenvalue weighted by Crippen LogP contribution is 2.30. The summed E-state index contributed by atoms with van der Waals surface area (Å²) >= 11 is 0. The third kappa shape index (κ3) is 3.21. The molecule has 1 aliphatic heterocycles. The first-order valence-corrected chi connectivity index (χ1v) is 8.23. The first kappa shape index (κ1) is 14.4. The molecule has 21 heavy (non-hydrogen) atoms. The van der Waals surface area contributed by atoms with Gasteiger partial charge in [-0.2, -0.15) is 0 Å². The quantitative estimate of drug-likeness (QED) is 0.754. The predicted molar refractivity (Wildman–Crippen MR) is 90.2 cm³/mol. The van der Waals surface area contributed by atoms with Gasteiger partial charge in [0.05, 0.1) is 13.2 Å². The molecular formula is C19H25NO. The number of hydrogen-bond donors (Lipinski definition) is 0. The van der Waals surface area contributed by atoms with Crippen LogP contribution in [0.3, 0.4) is 0 Å². The standard InChI is InChI=1S/C19H25NO/c1-2-3-4-7-16-10-11-19(20-12-14-21-15-13-20)18-9-6-5-8-17(16)18/h5-6,8-11H,2-4,7,12-15H2,1H3. The number of fused-ring (bicyclic) bond motifs is 1. The molecule has 3 rings (SSSR count). The molecule has 1 aliphatic rings. The molecule has 0 amide bonds. The van der Waals surface area contributed by atoms with Gasteiger partial charge >= 0.3 is 0 Å². The number of unbranched alkanes of at least 4 members (excludes halogenated alkanes) is 2. The molecule has 0 spiro atoms. The maximum atomic E-state index is 5.48. The molecule has 1 fully saturated rings. The van der Waals surface area contributed by atoms with Gasteiger partial charge in [-0.1, -0.05) is 50.1 Å². The minimum atomic E-state index is 0.840. The molecule has 2 aromatic rings. The fraction of sp³-hybridized carbons (Fsp3) is 0.474. The summed E-state index contributed by atoms with van der Waals surface area (Å²) in [6.45, 7) is 5.94. The van der Waals surface area contributed by atoms with Crippen molar-refractivity contribution >= 4 is 16.5 Å². The summed E-state index contributed by atoms with van der Waals surface area (Å²) in [6, 6.07) is 13.5. The number of anilines is 1. The van der Waals surface area contributed by atoms with Crippen molar-refractivity contribution in [1.29, 1.82) is 0 Å². The summed E-state index contributed by atoms with van der Waals surface area (Å²) in [6.07, 6.45) is 5.08. The van der Waals surface area contributed by atoms with E-state index in [1.165, 1.54) is 47.7 Å². The van der Waals surface area contributed by atoms with Crippen molar-refractivity contribution in [3.05, 3.63) is 42.0 Å². The fourth-order valence-corrected chi connectivity index (χ4v) is 3.21. The zero-order valence-electron chi connectivity index (χ0n) is 13.0. The van der Waals surface area contributed by atoms with Crippen molar-refractivity contribution < 1.29 is 4.74 Å². The molecule has 0 bridgehead atoms. The van der Waals surface area contributed by atoms with E-state index < -0.39 is 0 Å². The van der Waals surface area contributed by atoms with E-state index in [1.54, 1.807) is 0 Å². The SMILES string of the molecule is CCCCCc1ccc(N2CCOCC2)c2ccccc12. The molecule has 1 saturated heterocycles. The second kappa shape index (κ2) is 6.95. The van der Waals surface area contributed by atoms with Gasteiger partial charge in [-0.05, 0) is 29.9 Å². The van der Waals surface area contributed by atoms with Gasteiger partial charge in [-0.3, -0.25) is 0 Å². The Balaban J connectivity index is 1.93. The van der Waals surface area contributed by atoms with E-state index in [4.69, 9.17) is 4.74 Å². The summed E-state index contributed by atoms with van der Waals surface area (Å²) in [5.74, 6) is 0. The highest BCUT2D eigenvalue weighted by molar-refractivity contribution is 5.96. The number of ether oxygens (including phenoxy) is 1. The van der Waals surface area contributed by atoms with Crippen molar-refractivity contribution in [3.8, 4) is 0 Å². The predicted octanol–water partition coefficient (Wildman–Crippen LogP) is 4.41. The zero-order valence-corrected chi connectivity index (χ0v) is 13.0. The highest BCUT2D eigenvalue weighted by atomic mass is 16.5. The average molecular weight is 283 g/mol. The topological polar surface area (TPSA) is 12.5 Å². The van der Waals surface area contributed by atoms with Gasteiger partial charge in [-0.15, -0.1) is 0 Å². The summed E-state index contributed by atoms with van der Waals surface area (Å²) in [7, 11) is 0. The zero-order chi connectivity index (χ0) is 14.5. The van der Waals surface area contributed by atoms with Gasteiger partial charge < -0.3 is 9.64 Å². The maximum absolute atomic E-state index is 5.48. The van der Waals surface area contributed by atoms with Crippen LogP contribution in [0.2, 0.25) is 0 Å². The lowest BCUT2D eigenvalue weighted by Crippen LogP contribution is -2.36. The molecule has 0 aromatic heterocycles. The largest absolute Gasteiger partial charge is 0.378 e. The second-order valence-electron chi connectivity index (χ2n) is 5.85. The number of aryl methyl sites for hydroxylation is 1. The van der Waals surface area contributed by atoms with E-state index in [0.29, 0.717) is 0 Å². The second-order valence-corrected chi connectivity index (χ2v) is 5.85. The van der Waals surface area contributed by atoms with E-state index in [0.717, 1.165) is 26.3 Å². The minimum absolute atomic E-state index is 0.840. The fourth-order valence-electron chi connectivity index (χ4n) is 3.21. The van der Waals surface area contributed by atoms with Crippen LogP contribution in [-0.2, 0) is 11.2 Å². The van der Waals surface area contributed by atoms with Crippen LogP contribution in [-0.4, -0.2) is 26.3 Å². The summed E-state index contributed by atoms with van der Waals surface area (Å²) in [4.78, 5) is 2.46. The Morgan fingerprint density at radius 1 is 0.952 bits per heavy atom. The van der Waals surface area contributed by atoms with Crippen LogP contribution in [0.5, 0.6) is 0 Å². The molecule has 0 saturated carbocycles. The monoisotopic (exact) mass is 283 g/mol. The number of hydrogen-bond acceptors (Lipinski definition) is 2. The molecule has 0 N–H and O–H groups in total. The van der Waals surface area contributed by atoms with Crippen LogP contribution in [0.4, 0.5) is 5.69 Å². The van der Waals surface area contributed by atoms with Gasteiger partial charge in [-0.25, -0.2) is 0 Å². The lowest BCUT2D eigenvalue weighted by atomic mass is 9.98. The van der Waals surface area contributed by atoms with Crippen LogP contribution < -0.4 is 4.90 Å². The third-order valence-corrected chi connectivity index (χ3v) is 4.39. The molecule has 0 aliphatic carbocycles. The van der Waals surface area contributed by atoms with Crippen molar-refractivity contribution in [2.45, 2.75) is 32.6 Å². The Morgan fingerprint density at radius 2 is 1.71 bits per heavy atom. The van der Waals surface area contributed by atoms with E-state index in [1.807, 2.05) is 0 Å². The van der Waals surface area contributed by atoms with Crippen LogP contribution in [0.15, 0.2) is 36.4 Å². The highest BCUT2D eigenvalue weighted by Gasteiger charge is 2.14. The van der Waals surface area contributed by atoms with Gasteiger partial charge in [0.1, 0.15) is 0 Å². The molecular weight excluding hydrogens is 258 g/mol. The van der Waals surface area contributed by atoms with E-state index in [-0.39, 0.29) is 0 Å². The molecule has 112 valence electrons. The normalized spacial score (nSPS) is 15.6. The molecule has 0 unspecified atom stereocenters. The Labute approximate surface area is 127 Å². The number of benzene rings is 2. The summed E-state index contributed by atoms with van der Waals surface area (Å²) in [5, 5.41) is 2.82. The Hall–Kier alpha value is -1.54. The van der Waals surface area contributed by atoms with Gasteiger partial charge in [0, 0.05) is 24.2 Å². The van der Waals surface area contributed by atoms with E-state index in [2.05, 4.69) is 48.2 Å². The van der Waals surface area contributed by atoms with Crippen molar-refractivity contribution in [2.24, 2.45) is 0 Å². The molecule has 2 aromatic carbocycles. The number of nitrogens with zero attached hydrogens (tertiary/aromatic N) is 1. The maximum Gasteiger partial charge on any atom is 0.0642 e. The molecule has 1 heterocycles. The third-order valence-electron chi connectivity index (χ3n) is 4.39. The van der Waals surface area contributed by atoms with Gasteiger partial charge in [0.2, 0.25) is 0 Å².